The summed E-state index contributed by atoms with van der Waals surface area (Å²) in [4.78, 5) is 32.1. The molecule has 0 radical (unpaired) electrons. The van der Waals surface area contributed by atoms with Crippen molar-refractivity contribution in [3.8, 4) is 11.5 Å². The SMILES string of the molecule is COc1cc(OC)cc(C(=O)N2CCCN(C(=O)Cc3ccc[nH]3)CC2)c1. The molecule has 0 bridgehead atoms. The van der Waals surface area contributed by atoms with E-state index >= 15 is 0 Å². The maximum atomic E-state index is 12.9. The predicted molar refractivity (Wildman–Crippen MR) is 101 cm³/mol. The zero-order valence-electron chi connectivity index (χ0n) is 15.7. The summed E-state index contributed by atoms with van der Waals surface area (Å²) in [6.45, 7) is 2.32. The lowest BCUT2D eigenvalue weighted by Gasteiger charge is -2.22. The third-order valence-electron chi connectivity index (χ3n) is 4.74. The van der Waals surface area contributed by atoms with Crippen LogP contribution in [0.5, 0.6) is 11.5 Å². The van der Waals surface area contributed by atoms with Crippen LogP contribution in [0, 0.1) is 0 Å². The van der Waals surface area contributed by atoms with Gasteiger partial charge in [0.15, 0.2) is 0 Å². The Hall–Kier alpha value is -2.96. The number of carbonyl (C=O) groups is 2. The van der Waals surface area contributed by atoms with Crippen LogP contribution in [0.2, 0.25) is 0 Å². The number of ether oxygens (including phenoxy) is 2. The van der Waals surface area contributed by atoms with E-state index in [-0.39, 0.29) is 11.8 Å². The number of hydrogen-bond donors (Lipinski definition) is 1. The zero-order chi connectivity index (χ0) is 19.2. The number of hydrogen-bond acceptors (Lipinski definition) is 4. The van der Waals surface area contributed by atoms with Gasteiger partial charge in [0, 0.05) is 49.7 Å². The standard InChI is InChI=1S/C20H25N3O4/c1-26-17-11-15(12-18(14-17)27-2)20(25)23-8-4-7-22(9-10-23)19(24)13-16-5-3-6-21-16/h3,5-6,11-12,14,21H,4,7-10,13H2,1-2H3. The number of carbonyl (C=O) groups excluding carboxylic acids is 2. The van der Waals surface area contributed by atoms with Crippen LogP contribution >= 0.6 is 0 Å². The summed E-state index contributed by atoms with van der Waals surface area (Å²) in [5.74, 6) is 1.16. The first-order valence-electron chi connectivity index (χ1n) is 9.03. The number of aromatic amines is 1. The van der Waals surface area contributed by atoms with E-state index in [0.717, 1.165) is 12.1 Å². The molecule has 1 aromatic carbocycles. The van der Waals surface area contributed by atoms with Crippen LogP contribution in [-0.4, -0.2) is 67.0 Å². The van der Waals surface area contributed by atoms with Gasteiger partial charge in [-0.1, -0.05) is 0 Å². The lowest BCUT2D eigenvalue weighted by atomic mass is 10.1. The summed E-state index contributed by atoms with van der Waals surface area (Å²) < 4.78 is 10.5. The van der Waals surface area contributed by atoms with Gasteiger partial charge in [-0.2, -0.15) is 0 Å². The Morgan fingerprint density at radius 1 is 1.00 bits per heavy atom. The molecule has 1 N–H and O–H groups in total. The third-order valence-corrected chi connectivity index (χ3v) is 4.74. The minimum atomic E-state index is -0.0779. The smallest absolute Gasteiger partial charge is 0.254 e. The molecule has 27 heavy (non-hydrogen) atoms. The van der Waals surface area contributed by atoms with Crippen molar-refractivity contribution in [3.05, 3.63) is 47.8 Å². The largest absolute Gasteiger partial charge is 0.497 e. The Labute approximate surface area is 158 Å². The molecule has 1 saturated heterocycles. The van der Waals surface area contributed by atoms with Crippen molar-refractivity contribution in [1.82, 2.24) is 14.8 Å². The van der Waals surface area contributed by atoms with Crippen LogP contribution in [0.15, 0.2) is 36.5 Å². The quantitative estimate of drug-likeness (QED) is 0.872. The molecular weight excluding hydrogens is 346 g/mol. The average molecular weight is 371 g/mol. The van der Waals surface area contributed by atoms with Crippen molar-refractivity contribution in [3.63, 3.8) is 0 Å². The van der Waals surface area contributed by atoms with Crippen molar-refractivity contribution in [1.29, 1.82) is 0 Å². The van der Waals surface area contributed by atoms with Gasteiger partial charge in [-0.15, -0.1) is 0 Å². The first kappa shape index (κ1) is 18.8. The summed E-state index contributed by atoms with van der Waals surface area (Å²) >= 11 is 0. The van der Waals surface area contributed by atoms with Gasteiger partial charge in [0.25, 0.3) is 5.91 Å². The highest BCUT2D eigenvalue weighted by molar-refractivity contribution is 5.95. The first-order chi connectivity index (χ1) is 13.1. The lowest BCUT2D eigenvalue weighted by molar-refractivity contribution is -0.130. The molecule has 144 valence electrons. The normalized spacial score (nSPS) is 14.6. The minimum Gasteiger partial charge on any atom is -0.497 e. The van der Waals surface area contributed by atoms with Gasteiger partial charge < -0.3 is 24.3 Å². The van der Waals surface area contributed by atoms with Gasteiger partial charge in [-0.05, 0) is 30.7 Å². The fourth-order valence-corrected chi connectivity index (χ4v) is 3.24. The maximum absolute atomic E-state index is 12.9. The number of aromatic nitrogens is 1. The van der Waals surface area contributed by atoms with Crippen molar-refractivity contribution in [2.45, 2.75) is 12.8 Å². The van der Waals surface area contributed by atoms with Gasteiger partial charge in [-0.3, -0.25) is 9.59 Å². The Morgan fingerprint density at radius 3 is 2.30 bits per heavy atom. The van der Waals surface area contributed by atoms with Gasteiger partial charge in [0.2, 0.25) is 5.91 Å². The molecule has 1 aliphatic heterocycles. The number of nitrogens with zero attached hydrogens (tertiary/aromatic N) is 2. The Balaban J connectivity index is 1.65. The molecule has 7 heteroatoms. The zero-order valence-corrected chi connectivity index (χ0v) is 15.7. The van der Waals surface area contributed by atoms with Crippen LogP contribution in [-0.2, 0) is 11.2 Å². The third kappa shape index (κ3) is 4.61. The highest BCUT2D eigenvalue weighted by atomic mass is 16.5. The maximum Gasteiger partial charge on any atom is 0.254 e. The molecular formula is C20H25N3O4. The van der Waals surface area contributed by atoms with E-state index in [1.165, 1.54) is 0 Å². The molecule has 0 saturated carbocycles. The molecule has 2 amide bonds. The number of amides is 2. The molecule has 1 aliphatic rings. The Kier molecular flexibility index (Phi) is 6.01. The van der Waals surface area contributed by atoms with Crippen LogP contribution in [0.3, 0.4) is 0 Å². The monoisotopic (exact) mass is 371 g/mol. The summed E-state index contributed by atoms with van der Waals surface area (Å²) in [5, 5.41) is 0. The molecule has 0 atom stereocenters. The highest BCUT2D eigenvalue weighted by Gasteiger charge is 2.23. The van der Waals surface area contributed by atoms with Gasteiger partial charge in [-0.25, -0.2) is 0 Å². The van der Waals surface area contributed by atoms with Crippen molar-refractivity contribution >= 4 is 11.8 Å². The van der Waals surface area contributed by atoms with Gasteiger partial charge in [0.05, 0.1) is 20.6 Å². The Morgan fingerprint density at radius 2 is 1.67 bits per heavy atom. The molecule has 7 nitrogen and oxygen atoms in total. The van der Waals surface area contributed by atoms with E-state index < -0.39 is 0 Å². The summed E-state index contributed by atoms with van der Waals surface area (Å²) in [6, 6.07) is 8.95. The predicted octanol–water partition coefficient (Wildman–Crippen LogP) is 1.95. The summed E-state index contributed by atoms with van der Waals surface area (Å²) in [5.41, 5.74) is 1.43. The van der Waals surface area contributed by atoms with Crippen LogP contribution in [0.25, 0.3) is 0 Å². The van der Waals surface area contributed by atoms with E-state index in [0.29, 0.717) is 49.7 Å². The molecule has 0 unspecified atom stereocenters. The number of rotatable bonds is 5. The van der Waals surface area contributed by atoms with Gasteiger partial charge >= 0.3 is 0 Å². The summed E-state index contributed by atoms with van der Waals surface area (Å²) in [7, 11) is 3.12. The highest BCUT2D eigenvalue weighted by Crippen LogP contribution is 2.24. The fourth-order valence-electron chi connectivity index (χ4n) is 3.24. The van der Waals surface area contributed by atoms with E-state index in [2.05, 4.69) is 4.98 Å². The molecule has 1 fully saturated rings. The second-order valence-electron chi connectivity index (χ2n) is 6.50. The van der Waals surface area contributed by atoms with Crippen LogP contribution in [0.1, 0.15) is 22.5 Å². The molecule has 2 heterocycles. The number of methoxy groups -OCH3 is 2. The second-order valence-corrected chi connectivity index (χ2v) is 6.50. The molecule has 3 rings (SSSR count). The molecule has 1 aromatic heterocycles. The number of benzene rings is 1. The van der Waals surface area contributed by atoms with E-state index in [1.807, 2.05) is 23.2 Å². The van der Waals surface area contributed by atoms with E-state index in [1.54, 1.807) is 37.3 Å². The summed E-state index contributed by atoms with van der Waals surface area (Å²) in [6.07, 6.45) is 2.92. The van der Waals surface area contributed by atoms with Crippen molar-refractivity contribution in [2.75, 3.05) is 40.4 Å². The van der Waals surface area contributed by atoms with Crippen molar-refractivity contribution in [2.24, 2.45) is 0 Å². The first-order valence-corrected chi connectivity index (χ1v) is 9.03. The van der Waals surface area contributed by atoms with Crippen LogP contribution < -0.4 is 9.47 Å². The number of H-pyrrole nitrogens is 1. The van der Waals surface area contributed by atoms with E-state index in [4.69, 9.17) is 9.47 Å². The Bertz CT molecular complexity index is 766. The number of nitrogens with one attached hydrogen (secondary N) is 1. The second kappa shape index (κ2) is 8.62. The average Bonchev–Trinajstić information content (AvgIpc) is 3.08. The van der Waals surface area contributed by atoms with Crippen molar-refractivity contribution < 1.29 is 19.1 Å². The lowest BCUT2D eigenvalue weighted by Crippen LogP contribution is -2.38. The van der Waals surface area contributed by atoms with Gasteiger partial charge in [0.1, 0.15) is 11.5 Å². The molecule has 0 spiro atoms. The minimum absolute atomic E-state index is 0.0779. The van der Waals surface area contributed by atoms with Crippen LogP contribution in [0.4, 0.5) is 0 Å². The molecule has 2 aromatic rings. The van der Waals surface area contributed by atoms with E-state index in [9.17, 15) is 9.59 Å². The topological polar surface area (TPSA) is 74.9 Å². The fraction of sp³-hybridized carbons (Fsp3) is 0.400. The molecule has 0 aliphatic carbocycles.